The fourth-order valence-corrected chi connectivity index (χ4v) is 2.42. The number of carbonyl (C=O) groups is 2. The van der Waals surface area contributed by atoms with Gasteiger partial charge in [0, 0.05) is 38.4 Å². The molecule has 3 amide bonds. The third-order valence-corrected chi connectivity index (χ3v) is 4.11. The van der Waals surface area contributed by atoms with Gasteiger partial charge in [-0.2, -0.15) is 0 Å². The molecule has 0 saturated carbocycles. The standard InChI is InChI=1S/C20H26N4O3/c1-24(14-11-17-5-3-4-12-21-17)19(25)15-23-20(26)22-13-10-16-6-8-18(27-2)9-7-16/h3-9,12H,10-11,13-15H2,1-2H3,(H2,22,23,26). The fourth-order valence-electron chi connectivity index (χ4n) is 2.42. The summed E-state index contributed by atoms with van der Waals surface area (Å²) in [7, 11) is 3.34. The van der Waals surface area contributed by atoms with Crippen LogP contribution in [-0.4, -0.2) is 55.6 Å². The Balaban J connectivity index is 1.61. The summed E-state index contributed by atoms with van der Waals surface area (Å²) in [5.74, 6) is 0.659. The first-order valence-corrected chi connectivity index (χ1v) is 8.87. The molecule has 0 unspecified atom stereocenters. The average molecular weight is 370 g/mol. The Hall–Kier alpha value is -3.09. The van der Waals surface area contributed by atoms with Gasteiger partial charge in [0.15, 0.2) is 0 Å². The van der Waals surface area contributed by atoms with E-state index in [1.807, 2.05) is 42.5 Å². The number of amides is 3. The first-order chi connectivity index (χ1) is 13.1. The number of nitrogens with one attached hydrogen (secondary N) is 2. The van der Waals surface area contributed by atoms with Crippen LogP contribution in [-0.2, 0) is 17.6 Å². The second kappa shape index (κ2) is 10.8. The molecular weight excluding hydrogens is 344 g/mol. The molecule has 7 heteroatoms. The van der Waals surface area contributed by atoms with Gasteiger partial charge in [-0.3, -0.25) is 9.78 Å². The molecule has 7 nitrogen and oxygen atoms in total. The van der Waals surface area contributed by atoms with Crippen molar-refractivity contribution in [3.05, 3.63) is 59.9 Å². The highest BCUT2D eigenvalue weighted by Gasteiger charge is 2.10. The molecular formula is C20H26N4O3. The predicted molar refractivity (Wildman–Crippen MR) is 104 cm³/mol. The van der Waals surface area contributed by atoms with Gasteiger partial charge in [0.1, 0.15) is 5.75 Å². The molecule has 0 spiro atoms. The van der Waals surface area contributed by atoms with Gasteiger partial charge in [-0.1, -0.05) is 18.2 Å². The van der Waals surface area contributed by atoms with Crippen molar-refractivity contribution in [2.24, 2.45) is 0 Å². The summed E-state index contributed by atoms with van der Waals surface area (Å²) in [6, 6.07) is 13.0. The van der Waals surface area contributed by atoms with E-state index in [4.69, 9.17) is 4.74 Å². The van der Waals surface area contributed by atoms with E-state index in [0.29, 0.717) is 25.9 Å². The molecule has 1 heterocycles. The summed E-state index contributed by atoms with van der Waals surface area (Å²) in [5.41, 5.74) is 2.03. The maximum Gasteiger partial charge on any atom is 0.315 e. The quantitative estimate of drug-likeness (QED) is 0.703. The number of nitrogens with zero attached hydrogens (tertiary/aromatic N) is 2. The Bertz CT molecular complexity index is 720. The molecule has 2 aromatic rings. The highest BCUT2D eigenvalue weighted by Crippen LogP contribution is 2.11. The zero-order valence-corrected chi connectivity index (χ0v) is 15.8. The number of ether oxygens (including phenoxy) is 1. The minimum Gasteiger partial charge on any atom is -0.497 e. The maximum atomic E-state index is 12.1. The number of rotatable bonds is 9. The monoisotopic (exact) mass is 370 g/mol. The van der Waals surface area contributed by atoms with Gasteiger partial charge >= 0.3 is 6.03 Å². The first-order valence-electron chi connectivity index (χ1n) is 8.87. The molecule has 0 atom stereocenters. The van der Waals surface area contributed by atoms with Crippen molar-refractivity contribution in [2.45, 2.75) is 12.8 Å². The van der Waals surface area contributed by atoms with Crippen LogP contribution < -0.4 is 15.4 Å². The smallest absolute Gasteiger partial charge is 0.315 e. The number of aromatic nitrogens is 1. The molecule has 1 aromatic carbocycles. The van der Waals surface area contributed by atoms with Crippen LogP contribution in [0.15, 0.2) is 48.7 Å². The average Bonchev–Trinajstić information content (AvgIpc) is 2.71. The minimum atomic E-state index is -0.352. The number of pyridine rings is 1. The van der Waals surface area contributed by atoms with E-state index in [0.717, 1.165) is 17.0 Å². The van der Waals surface area contributed by atoms with Crippen LogP contribution in [0.4, 0.5) is 4.79 Å². The van der Waals surface area contributed by atoms with E-state index >= 15 is 0 Å². The Morgan fingerprint density at radius 3 is 2.52 bits per heavy atom. The number of urea groups is 1. The number of hydrogen-bond acceptors (Lipinski definition) is 4. The van der Waals surface area contributed by atoms with E-state index in [9.17, 15) is 9.59 Å². The first kappa shape index (κ1) is 20.2. The maximum absolute atomic E-state index is 12.1. The molecule has 27 heavy (non-hydrogen) atoms. The second-order valence-corrected chi connectivity index (χ2v) is 6.09. The van der Waals surface area contributed by atoms with Gasteiger partial charge in [-0.15, -0.1) is 0 Å². The molecule has 2 rings (SSSR count). The van der Waals surface area contributed by atoms with Crippen molar-refractivity contribution < 1.29 is 14.3 Å². The molecule has 1 aromatic heterocycles. The van der Waals surface area contributed by atoms with E-state index in [1.165, 1.54) is 0 Å². The van der Waals surface area contributed by atoms with Crippen LogP contribution >= 0.6 is 0 Å². The summed E-state index contributed by atoms with van der Waals surface area (Å²) >= 11 is 0. The van der Waals surface area contributed by atoms with Crippen molar-refractivity contribution in [2.75, 3.05) is 33.8 Å². The molecule has 0 saturated heterocycles. The van der Waals surface area contributed by atoms with E-state index in [1.54, 1.807) is 25.3 Å². The van der Waals surface area contributed by atoms with Gasteiger partial charge in [0.05, 0.1) is 13.7 Å². The van der Waals surface area contributed by atoms with Crippen LogP contribution in [0.25, 0.3) is 0 Å². The fraction of sp³-hybridized carbons (Fsp3) is 0.350. The Kier molecular flexibility index (Phi) is 8.09. The summed E-state index contributed by atoms with van der Waals surface area (Å²) in [6.45, 7) is 1.01. The summed E-state index contributed by atoms with van der Waals surface area (Å²) in [6.07, 6.45) is 3.11. The summed E-state index contributed by atoms with van der Waals surface area (Å²) in [4.78, 5) is 29.7. The third-order valence-electron chi connectivity index (χ3n) is 4.11. The lowest BCUT2D eigenvalue weighted by molar-refractivity contribution is -0.128. The normalized spacial score (nSPS) is 10.1. The van der Waals surface area contributed by atoms with Crippen LogP contribution in [0.5, 0.6) is 5.75 Å². The lowest BCUT2D eigenvalue weighted by Gasteiger charge is -2.17. The van der Waals surface area contributed by atoms with E-state index < -0.39 is 0 Å². The largest absolute Gasteiger partial charge is 0.497 e. The third kappa shape index (κ3) is 7.35. The highest BCUT2D eigenvalue weighted by atomic mass is 16.5. The molecule has 0 radical (unpaired) electrons. The van der Waals surface area contributed by atoms with Gasteiger partial charge in [-0.05, 0) is 36.2 Å². The number of hydrogen-bond donors (Lipinski definition) is 2. The van der Waals surface area contributed by atoms with Gasteiger partial charge in [0.25, 0.3) is 0 Å². The predicted octanol–water partition coefficient (Wildman–Crippen LogP) is 1.63. The van der Waals surface area contributed by atoms with Crippen LogP contribution in [0.3, 0.4) is 0 Å². The molecule has 0 aliphatic heterocycles. The minimum absolute atomic E-state index is 0.0346. The number of carbonyl (C=O) groups excluding carboxylic acids is 2. The lowest BCUT2D eigenvalue weighted by atomic mass is 10.1. The molecule has 2 N–H and O–H groups in total. The van der Waals surface area contributed by atoms with Gasteiger partial charge < -0.3 is 20.3 Å². The number of methoxy groups -OCH3 is 1. The van der Waals surface area contributed by atoms with Crippen molar-refractivity contribution in [3.63, 3.8) is 0 Å². The summed E-state index contributed by atoms with van der Waals surface area (Å²) in [5, 5.41) is 5.34. The van der Waals surface area contributed by atoms with Crippen molar-refractivity contribution >= 4 is 11.9 Å². The van der Waals surface area contributed by atoms with Crippen LogP contribution in [0.1, 0.15) is 11.3 Å². The lowest BCUT2D eigenvalue weighted by Crippen LogP contribution is -2.43. The van der Waals surface area contributed by atoms with Crippen molar-refractivity contribution in [3.8, 4) is 5.75 Å². The topological polar surface area (TPSA) is 83.6 Å². The number of benzene rings is 1. The Morgan fingerprint density at radius 1 is 1.07 bits per heavy atom. The van der Waals surface area contributed by atoms with E-state index in [-0.39, 0.29) is 18.5 Å². The van der Waals surface area contributed by atoms with Crippen LogP contribution in [0.2, 0.25) is 0 Å². The molecule has 0 bridgehead atoms. The molecule has 0 fully saturated rings. The van der Waals surface area contributed by atoms with Gasteiger partial charge in [0.2, 0.25) is 5.91 Å². The molecule has 144 valence electrons. The zero-order chi connectivity index (χ0) is 19.5. The van der Waals surface area contributed by atoms with Crippen molar-refractivity contribution in [1.29, 1.82) is 0 Å². The summed E-state index contributed by atoms with van der Waals surface area (Å²) < 4.78 is 5.11. The van der Waals surface area contributed by atoms with Crippen molar-refractivity contribution in [1.82, 2.24) is 20.5 Å². The zero-order valence-electron chi connectivity index (χ0n) is 15.8. The SMILES string of the molecule is COc1ccc(CCNC(=O)NCC(=O)N(C)CCc2ccccn2)cc1. The Morgan fingerprint density at radius 2 is 1.85 bits per heavy atom. The second-order valence-electron chi connectivity index (χ2n) is 6.09. The van der Waals surface area contributed by atoms with Crippen LogP contribution in [0, 0.1) is 0 Å². The van der Waals surface area contributed by atoms with E-state index in [2.05, 4.69) is 15.6 Å². The number of likely N-dealkylation sites (N-methyl/N-ethyl adjacent to an activating group) is 1. The highest BCUT2D eigenvalue weighted by molar-refractivity contribution is 5.83. The van der Waals surface area contributed by atoms with Gasteiger partial charge in [-0.25, -0.2) is 4.79 Å². The Labute approximate surface area is 159 Å². The molecule has 0 aliphatic rings. The molecule has 0 aliphatic carbocycles.